The fourth-order valence-corrected chi connectivity index (χ4v) is 3.17. The van der Waals surface area contributed by atoms with Crippen molar-refractivity contribution in [2.75, 3.05) is 13.7 Å². The molecule has 2 aromatic carbocycles. The third-order valence-electron chi connectivity index (χ3n) is 4.15. The number of carbonyl (C=O) groups excluding carboxylic acids is 1. The van der Waals surface area contributed by atoms with Crippen LogP contribution in [-0.2, 0) is 6.42 Å². The molecule has 0 aliphatic heterocycles. The van der Waals surface area contributed by atoms with Gasteiger partial charge >= 0.3 is 0 Å². The molecule has 0 bridgehead atoms. The van der Waals surface area contributed by atoms with Gasteiger partial charge in [-0.15, -0.1) is 0 Å². The summed E-state index contributed by atoms with van der Waals surface area (Å²) in [6.45, 7) is 0.703. The SMILES string of the molecule is COc1c(Cl)cc(Cc2ccccc2Cl)cc1C(=O)NCC1CC1. The lowest BCUT2D eigenvalue weighted by Crippen LogP contribution is -2.26. The van der Waals surface area contributed by atoms with Crippen LogP contribution in [0.1, 0.15) is 34.3 Å². The first-order valence-corrected chi connectivity index (χ1v) is 8.72. The van der Waals surface area contributed by atoms with Crippen LogP contribution in [0.2, 0.25) is 10.0 Å². The van der Waals surface area contributed by atoms with Crippen LogP contribution in [0.15, 0.2) is 36.4 Å². The quantitative estimate of drug-likeness (QED) is 0.805. The van der Waals surface area contributed by atoms with Gasteiger partial charge in [-0.2, -0.15) is 0 Å². The summed E-state index contributed by atoms with van der Waals surface area (Å²) in [5.74, 6) is 0.872. The maximum atomic E-state index is 12.5. The normalized spacial score (nSPS) is 13.6. The van der Waals surface area contributed by atoms with Gasteiger partial charge in [0, 0.05) is 11.6 Å². The van der Waals surface area contributed by atoms with Gasteiger partial charge in [-0.1, -0.05) is 41.4 Å². The fraction of sp³-hybridized carbons (Fsp3) is 0.316. The van der Waals surface area contributed by atoms with Crippen LogP contribution in [0.5, 0.6) is 5.75 Å². The van der Waals surface area contributed by atoms with Gasteiger partial charge in [-0.25, -0.2) is 0 Å². The summed E-state index contributed by atoms with van der Waals surface area (Å²) in [6, 6.07) is 11.3. The van der Waals surface area contributed by atoms with Crippen LogP contribution < -0.4 is 10.1 Å². The van der Waals surface area contributed by atoms with Gasteiger partial charge in [0.1, 0.15) is 5.75 Å². The van der Waals surface area contributed by atoms with Crippen LogP contribution in [-0.4, -0.2) is 19.6 Å². The van der Waals surface area contributed by atoms with Gasteiger partial charge in [-0.05, 0) is 54.5 Å². The maximum Gasteiger partial charge on any atom is 0.255 e. The molecule has 0 atom stereocenters. The van der Waals surface area contributed by atoms with Crippen LogP contribution in [0.3, 0.4) is 0 Å². The predicted octanol–water partition coefficient (Wildman–Crippen LogP) is 4.73. The molecule has 1 fully saturated rings. The highest BCUT2D eigenvalue weighted by atomic mass is 35.5. The second-order valence-electron chi connectivity index (χ2n) is 6.08. The Labute approximate surface area is 151 Å². The number of amides is 1. The standard InChI is InChI=1S/C19H19Cl2NO2/c1-24-18-15(19(23)22-11-12-6-7-12)9-13(10-17(18)21)8-14-4-2-3-5-16(14)20/h2-5,9-10,12H,6-8,11H2,1H3,(H,22,23). The molecular formula is C19H19Cl2NO2. The molecule has 5 heteroatoms. The maximum absolute atomic E-state index is 12.5. The van der Waals surface area contributed by atoms with E-state index >= 15 is 0 Å². The number of rotatable bonds is 6. The van der Waals surface area contributed by atoms with Crippen LogP contribution in [0.4, 0.5) is 0 Å². The Morgan fingerprint density at radius 1 is 1.21 bits per heavy atom. The van der Waals surface area contributed by atoms with Gasteiger partial charge in [0.15, 0.2) is 0 Å². The molecule has 24 heavy (non-hydrogen) atoms. The number of benzene rings is 2. The first-order valence-electron chi connectivity index (χ1n) is 7.96. The number of hydrogen-bond donors (Lipinski definition) is 1. The molecule has 1 aliphatic carbocycles. The number of halogens is 2. The second kappa shape index (κ2) is 7.45. The molecule has 0 radical (unpaired) electrons. The van der Waals surface area contributed by atoms with Crippen molar-refractivity contribution in [3.05, 3.63) is 63.1 Å². The Bertz CT molecular complexity index is 757. The Hall–Kier alpha value is -1.71. The molecule has 0 spiro atoms. The number of methoxy groups -OCH3 is 1. The lowest BCUT2D eigenvalue weighted by atomic mass is 10.0. The fourth-order valence-electron chi connectivity index (χ4n) is 2.64. The first-order chi connectivity index (χ1) is 11.6. The summed E-state index contributed by atoms with van der Waals surface area (Å²) < 4.78 is 5.33. The second-order valence-corrected chi connectivity index (χ2v) is 6.89. The van der Waals surface area contributed by atoms with E-state index < -0.39 is 0 Å². The topological polar surface area (TPSA) is 38.3 Å². The Morgan fingerprint density at radius 3 is 2.62 bits per heavy atom. The molecule has 0 saturated heterocycles. The van der Waals surface area contributed by atoms with E-state index in [0.29, 0.717) is 40.2 Å². The molecule has 3 rings (SSSR count). The number of hydrogen-bond acceptors (Lipinski definition) is 2. The minimum atomic E-state index is -0.151. The average molecular weight is 364 g/mol. The van der Waals surface area contributed by atoms with E-state index in [-0.39, 0.29) is 5.91 Å². The molecule has 126 valence electrons. The van der Waals surface area contributed by atoms with Crippen molar-refractivity contribution in [1.29, 1.82) is 0 Å². The van der Waals surface area contributed by atoms with Crippen molar-refractivity contribution in [1.82, 2.24) is 5.32 Å². The van der Waals surface area contributed by atoms with Gasteiger partial charge in [0.2, 0.25) is 0 Å². The van der Waals surface area contributed by atoms with Gasteiger partial charge in [0.25, 0.3) is 5.91 Å². The lowest BCUT2D eigenvalue weighted by Gasteiger charge is -2.13. The molecule has 1 saturated carbocycles. The summed E-state index contributed by atoms with van der Waals surface area (Å²) in [5, 5.41) is 4.09. The highest BCUT2D eigenvalue weighted by Gasteiger charge is 2.23. The first kappa shape index (κ1) is 17.1. The highest BCUT2D eigenvalue weighted by Crippen LogP contribution is 2.32. The van der Waals surface area contributed by atoms with E-state index in [1.165, 1.54) is 20.0 Å². The van der Waals surface area contributed by atoms with E-state index in [1.807, 2.05) is 36.4 Å². The monoisotopic (exact) mass is 363 g/mol. The minimum Gasteiger partial charge on any atom is -0.494 e. The van der Waals surface area contributed by atoms with Crippen molar-refractivity contribution in [3.63, 3.8) is 0 Å². The molecule has 0 heterocycles. The molecule has 0 aromatic heterocycles. The zero-order valence-electron chi connectivity index (χ0n) is 13.4. The lowest BCUT2D eigenvalue weighted by molar-refractivity contribution is 0.0948. The van der Waals surface area contributed by atoms with Gasteiger partial charge in [-0.3, -0.25) is 4.79 Å². The third-order valence-corrected chi connectivity index (χ3v) is 4.80. The molecule has 2 aromatic rings. The zero-order chi connectivity index (χ0) is 17.1. The van der Waals surface area contributed by atoms with E-state index in [4.69, 9.17) is 27.9 Å². The van der Waals surface area contributed by atoms with Gasteiger partial charge < -0.3 is 10.1 Å². The van der Waals surface area contributed by atoms with E-state index in [9.17, 15) is 4.79 Å². The summed E-state index contributed by atoms with van der Waals surface area (Å²) in [4.78, 5) is 12.5. The number of ether oxygens (including phenoxy) is 1. The highest BCUT2D eigenvalue weighted by molar-refractivity contribution is 6.33. The van der Waals surface area contributed by atoms with Crippen molar-refractivity contribution in [2.24, 2.45) is 5.92 Å². The molecule has 0 unspecified atom stereocenters. The summed E-state index contributed by atoms with van der Waals surface area (Å²) in [6.07, 6.45) is 2.97. The average Bonchev–Trinajstić information content (AvgIpc) is 3.38. The van der Waals surface area contributed by atoms with Crippen LogP contribution in [0, 0.1) is 5.92 Å². The molecule has 1 N–H and O–H groups in total. The largest absolute Gasteiger partial charge is 0.494 e. The smallest absolute Gasteiger partial charge is 0.255 e. The molecule has 1 aliphatic rings. The number of carbonyl (C=O) groups is 1. The predicted molar refractivity (Wildman–Crippen MR) is 97.3 cm³/mol. The number of nitrogens with one attached hydrogen (secondary N) is 1. The van der Waals surface area contributed by atoms with Crippen molar-refractivity contribution < 1.29 is 9.53 Å². The van der Waals surface area contributed by atoms with E-state index in [1.54, 1.807) is 0 Å². The Morgan fingerprint density at radius 2 is 1.96 bits per heavy atom. The third kappa shape index (κ3) is 4.03. The van der Waals surface area contributed by atoms with E-state index in [2.05, 4.69) is 5.32 Å². The molecule has 1 amide bonds. The van der Waals surface area contributed by atoms with Crippen molar-refractivity contribution in [3.8, 4) is 5.75 Å². The Balaban J connectivity index is 1.87. The Kier molecular flexibility index (Phi) is 5.32. The van der Waals surface area contributed by atoms with Crippen molar-refractivity contribution >= 4 is 29.1 Å². The van der Waals surface area contributed by atoms with E-state index in [0.717, 1.165) is 11.1 Å². The van der Waals surface area contributed by atoms with Crippen LogP contribution >= 0.6 is 23.2 Å². The zero-order valence-corrected chi connectivity index (χ0v) is 15.0. The van der Waals surface area contributed by atoms with Crippen LogP contribution in [0.25, 0.3) is 0 Å². The van der Waals surface area contributed by atoms with Gasteiger partial charge in [0.05, 0.1) is 17.7 Å². The molecular weight excluding hydrogens is 345 g/mol. The summed E-state index contributed by atoms with van der Waals surface area (Å²) >= 11 is 12.6. The summed E-state index contributed by atoms with van der Waals surface area (Å²) in [7, 11) is 1.52. The molecule has 3 nitrogen and oxygen atoms in total. The van der Waals surface area contributed by atoms with Crippen molar-refractivity contribution in [2.45, 2.75) is 19.3 Å². The minimum absolute atomic E-state index is 0.151. The summed E-state index contributed by atoms with van der Waals surface area (Å²) in [5.41, 5.74) is 2.38.